The maximum Gasteiger partial charge on any atom is 0.198 e. The number of hydrogen-bond donors (Lipinski definition) is 1. The molecule has 4 rings (SSSR count). The number of fused-ring (bicyclic) bond motifs is 1. The fraction of sp³-hybridized carbons (Fsp3) is 0.588. The highest BCUT2D eigenvalue weighted by Gasteiger charge is 2.34. The van der Waals surface area contributed by atoms with Crippen LogP contribution < -0.4 is 5.32 Å². The predicted octanol–water partition coefficient (Wildman–Crippen LogP) is 3.60. The van der Waals surface area contributed by atoms with Crippen LogP contribution in [0.15, 0.2) is 22.6 Å². The van der Waals surface area contributed by atoms with Crippen LogP contribution in [0, 0.1) is 0 Å². The third-order valence-corrected chi connectivity index (χ3v) is 4.55. The molecule has 1 aliphatic heterocycles. The molecule has 1 N–H and O–H groups in total. The topological polar surface area (TPSA) is 41.3 Å². The summed E-state index contributed by atoms with van der Waals surface area (Å²) in [6, 6.07) is 7.70. The van der Waals surface area contributed by atoms with E-state index >= 15 is 0 Å². The highest BCUT2D eigenvalue weighted by Crippen LogP contribution is 2.31. The molecule has 0 spiro atoms. The molecule has 4 heteroatoms. The second-order valence-corrected chi connectivity index (χ2v) is 6.75. The van der Waals surface area contributed by atoms with Crippen molar-refractivity contribution >= 4 is 16.8 Å². The summed E-state index contributed by atoms with van der Waals surface area (Å²) >= 11 is 0. The van der Waals surface area contributed by atoms with Crippen LogP contribution in [0.4, 0.5) is 5.69 Å². The lowest BCUT2D eigenvalue weighted by molar-refractivity contribution is 0.326. The number of likely N-dealkylation sites (tertiary alicyclic amines) is 1. The number of oxazole rings is 1. The van der Waals surface area contributed by atoms with E-state index in [2.05, 4.69) is 41.2 Å². The van der Waals surface area contributed by atoms with Gasteiger partial charge in [0.2, 0.25) is 0 Å². The first-order chi connectivity index (χ1) is 10.2. The van der Waals surface area contributed by atoms with Gasteiger partial charge in [-0.2, -0.15) is 0 Å². The van der Waals surface area contributed by atoms with E-state index < -0.39 is 0 Å². The monoisotopic (exact) mass is 285 g/mol. The molecule has 2 aliphatic rings. The summed E-state index contributed by atoms with van der Waals surface area (Å²) < 4.78 is 5.76. The van der Waals surface area contributed by atoms with Crippen LogP contribution in [0.1, 0.15) is 44.9 Å². The number of benzene rings is 1. The maximum atomic E-state index is 5.76. The van der Waals surface area contributed by atoms with Crippen molar-refractivity contribution in [3.8, 4) is 0 Å². The van der Waals surface area contributed by atoms with Gasteiger partial charge in [0.25, 0.3) is 0 Å². The summed E-state index contributed by atoms with van der Waals surface area (Å²) in [5.41, 5.74) is 3.00. The smallest absolute Gasteiger partial charge is 0.198 e. The lowest BCUT2D eigenvalue weighted by Crippen LogP contribution is -2.27. The Morgan fingerprint density at radius 2 is 2.14 bits per heavy atom. The molecule has 4 nitrogen and oxygen atoms in total. The first-order valence-electron chi connectivity index (χ1n) is 8.10. The Morgan fingerprint density at radius 1 is 1.29 bits per heavy atom. The molecule has 1 unspecified atom stereocenters. The first-order valence-corrected chi connectivity index (χ1v) is 8.10. The number of anilines is 1. The van der Waals surface area contributed by atoms with E-state index in [0.717, 1.165) is 28.7 Å². The van der Waals surface area contributed by atoms with Crippen LogP contribution in [0.3, 0.4) is 0 Å². The van der Waals surface area contributed by atoms with Gasteiger partial charge in [-0.15, -0.1) is 0 Å². The Kier molecular flexibility index (Phi) is 3.14. The van der Waals surface area contributed by atoms with Gasteiger partial charge >= 0.3 is 0 Å². The molecule has 1 atom stereocenters. The fourth-order valence-corrected chi connectivity index (χ4v) is 3.19. The summed E-state index contributed by atoms with van der Waals surface area (Å²) in [6.45, 7) is 6.63. The third-order valence-electron chi connectivity index (χ3n) is 4.55. The molecule has 1 aromatic heterocycles. The largest absolute Gasteiger partial charge is 0.440 e. The number of rotatable bonds is 4. The van der Waals surface area contributed by atoms with E-state index in [4.69, 9.17) is 4.42 Å². The van der Waals surface area contributed by atoms with Crippen LogP contribution >= 0.6 is 0 Å². The summed E-state index contributed by atoms with van der Waals surface area (Å²) in [5.74, 6) is 1.15. The van der Waals surface area contributed by atoms with Crippen molar-refractivity contribution in [3.63, 3.8) is 0 Å². The number of nitrogens with one attached hydrogen (secondary N) is 1. The highest BCUT2D eigenvalue weighted by molar-refractivity contribution is 5.77. The molecule has 2 heterocycles. The van der Waals surface area contributed by atoms with Crippen molar-refractivity contribution in [2.24, 2.45) is 0 Å². The third kappa shape index (κ3) is 2.64. The Balaban J connectivity index is 1.48. The Bertz CT molecular complexity index is 645. The quantitative estimate of drug-likeness (QED) is 0.932. The van der Waals surface area contributed by atoms with E-state index in [1.54, 1.807) is 0 Å². The summed E-state index contributed by atoms with van der Waals surface area (Å²) in [5, 5.41) is 3.66. The van der Waals surface area contributed by atoms with Gasteiger partial charge in [0.1, 0.15) is 5.52 Å². The molecule has 2 fully saturated rings. The van der Waals surface area contributed by atoms with Crippen molar-refractivity contribution in [1.29, 1.82) is 0 Å². The minimum atomic E-state index is 0.329. The molecule has 1 aromatic carbocycles. The zero-order valence-electron chi connectivity index (χ0n) is 12.8. The van der Waals surface area contributed by atoms with E-state index in [1.165, 1.54) is 32.4 Å². The number of nitrogens with zero attached hydrogens (tertiary/aromatic N) is 2. The molecular formula is C17H23N3O. The van der Waals surface area contributed by atoms with Gasteiger partial charge in [0.15, 0.2) is 11.5 Å². The van der Waals surface area contributed by atoms with Crippen molar-refractivity contribution in [3.05, 3.63) is 24.1 Å². The van der Waals surface area contributed by atoms with Gasteiger partial charge in [0, 0.05) is 36.8 Å². The normalized spacial score (nSPS) is 23.3. The summed E-state index contributed by atoms with van der Waals surface area (Å²) in [6.07, 6.45) is 4.04. The molecule has 0 radical (unpaired) electrons. The van der Waals surface area contributed by atoms with E-state index in [0.29, 0.717) is 12.0 Å². The van der Waals surface area contributed by atoms with Gasteiger partial charge in [0.05, 0.1) is 0 Å². The van der Waals surface area contributed by atoms with Crippen molar-refractivity contribution in [1.82, 2.24) is 9.88 Å². The molecule has 1 saturated carbocycles. The predicted molar refractivity (Wildman–Crippen MR) is 84.7 cm³/mol. The van der Waals surface area contributed by atoms with Gasteiger partial charge < -0.3 is 9.73 Å². The van der Waals surface area contributed by atoms with Crippen molar-refractivity contribution in [2.45, 2.75) is 51.1 Å². The zero-order valence-corrected chi connectivity index (χ0v) is 12.8. The average molecular weight is 285 g/mol. The zero-order chi connectivity index (χ0) is 14.4. The standard InChI is InChI=1S/C17H23N3O/c1-11(2)17-19-15-9-12(3-6-16(15)21-17)18-13-7-8-20(10-13)14-4-5-14/h3,6,9,11,13-14,18H,4-5,7-8,10H2,1-2H3. The summed E-state index contributed by atoms with van der Waals surface area (Å²) in [4.78, 5) is 7.21. The van der Waals surface area contributed by atoms with Crippen LogP contribution in [0.2, 0.25) is 0 Å². The second-order valence-electron chi connectivity index (χ2n) is 6.75. The van der Waals surface area contributed by atoms with Gasteiger partial charge in [-0.25, -0.2) is 4.98 Å². The Morgan fingerprint density at radius 3 is 2.90 bits per heavy atom. The van der Waals surface area contributed by atoms with Crippen molar-refractivity contribution in [2.75, 3.05) is 18.4 Å². The van der Waals surface area contributed by atoms with E-state index in [9.17, 15) is 0 Å². The van der Waals surface area contributed by atoms with Crippen LogP contribution in [0.25, 0.3) is 11.1 Å². The SMILES string of the molecule is CC(C)c1nc2cc(NC3CCN(C4CC4)C3)ccc2o1. The van der Waals surface area contributed by atoms with Gasteiger partial charge in [-0.05, 0) is 37.5 Å². The van der Waals surface area contributed by atoms with E-state index in [-0.39, 0.29) is 0 Å². The molecule has 1 saturated heterocycles. The molecule has 1 aliphatic carbocycles. The van der Waals surface area contributed by atoms with Crippen LogP contribution in [-0.4, -0.2) is 35.1 Å². The first kappa shape index (κ1) is 13.1. The molecule has 21 heavy (non-hydrogen) atoms. The molecular weight excluding hydrogens is 262 g/mol. The fourth-order valence-electron chi connectivity index (χ4n) is 3.19. The Labute approximate surface area is 125 Å². The maximum absolute atomic E-state index is 5.76. The number of aromatic nitrogens is 1. The highest BCUT2D eigenvalue weighted by atomic mass is 16.3. The summed E-state index contributed by atoms with van der Waals surface area (Å²) in [7, 11) is 0. The van der Waals surface area contributed by atoms with Crippen LogP contribution in [0.5, 0.6) is 0 Å². The lowest BCUT2D eigenvalue weighted by Gasteiger charge is -2.16. The minimum absolute atomic E-state index is 0.329. The average Bonchev–Trinajstić information content (AvgIpc) is 3.06. The number of hydrogen-bond acceptors (Lipinski definition) is 4. The van der Waals surface area contributed by atoms with E-state index in [1.807, 2.05) is 6.07 Å². The van der Waals surface area contributed by atoms with Crippen molar-refractivity contribution < 1.29 is 4.42 Å². The molecule has 2 aromatic rings. The lowest BCUT2D eigenvalue weighted by atomic mass is 10.2. The molecule has 0 amide bonds. The minimum Gasteiger partial charge on any atom is -0.440 e. The van der Waals surface area contributed by atoms with Crippen LogP contribution in [-0.2, 0) is 0 Å². The Hall–Kier alpha value is -1.55. The second kappa shape index (κ2) is 5.02. The molecule has 0 bridgehead atoms. The van der Waals surface area contributed by atoms with Gasteiger partial charge in [-0.3, -0.25) is 4.90 Å². The van der Waals surface area contributed by atoms with Gasteiger partial charge in [-0.1, -0.05) is 13.8 Å². The molecule has 112 valence electrons.